The summed E-state index contributed by atoms with van der Waals surface area (Å²) in [5, 5.41) is 8.18. The van der Waals surface area contributed by atoms with Crippen LogP contribution < -0.4 is 4.74 Å². The second-order valence-electron chi connectivity index (χ2n) is 6.12. The molecule has 25 heavy (non-hydrogen) atoms. The highest BCUT2D eigenvalue weighted by molar-refractivity contribution is 5.70. The molecule has 0 aliphatic carbocycles. The van der Waals surface area contributed by atoms with Gasteiger partial charge in [0.25, 0.3) is 0 Å². The van der Waals surface area contributed by atoms with E-state index in [-0.39, 0.29) is 12.1 Å². The third-order valence-corrected chi connectivity index (χ3v) is 4.43. The highest BCUT2D eigenvalue weighted by atomic mass is 16.6. The molecule has 7 heteroatoms. The van der Waals surface area contributed by atoms with Crippen LogP contribution in [-0.4, -0.2) is 52.3 Å². The quantitative estimate of drug-likeness (QED) is 0.849. The number of carbonyl (C=O) groups is 1. The fourth-order valence-corrected chi connectivity index (χ4v) is 2.90. The molecule has 1 aromatic heterocycles. The van der Waals surface area contributed by atoms with Crippen LogP contribution in [0.1, 0.15) is 38.1 Å². The van der Waals surface area contributed by atoms with Crippen molar-refractivity contribution in [3.05, 3.63) is 42.1 Å². The van der Waals surface area contributed by atoms with Crippen LogP contribution in [0.4, 0.5) is 4.79 Å². The van der Waals surface area contributed by atoms with Crippen molar-refractivity contribution in [1.82, 2.24) is 20.0 Å². The van der Waals surface area contributed by atoms with E-state index in [1.807, 2.05) is 25.1 Å². The number of para-hydroxylation sites is 1. The van der Waals surface area contributed by atoms with Crippen LogP contribution in [0.2, 0.25) is 0 Å². The lowest BCUT2D eigenvalue weighted by molar-refractivity contribution is 0.149. The molecule has 134 valence electrons. The maximum Gasteiger partial charge on any atom is 0.415 e. The van der Waals surface area contributed by atoms with E-state index in [4.69, 9.17) is 9.15 Å². The summed E-state index contributed by atoms with van der Waals surface area (Å²) in [5.41, 5.74) is 0. The molecule has 3 rings (SSSR count). The van der Waals surface area contributed by atoms with E-state index in [1.165, 1.54) is 0 Å². The van der Waals surface area contributed by atoms with Gasteiger partial charge in [0.15, 0.2) is 0 Å². The number of ether oxygens (including phenoxy) is 1. The fraction of sp³-hybridized carbons (Fsp3) is 0.500. The van der Waals surface area contributed by atoms with Crippen molar-refractivity contribution in [2.24, 2.45) is 0 Å². The van der Waals surface area contributed by atoms with Crippen LogP contribution >= 0.6 is 0 Å². The predicted octanol–water partition coefficient (Wildman–Crippen LogP) is 2.90. The van der Waals surface area contributed by atoms with Crippen LogP contribution in [0.3, 0.4) is 0 Å². The first-order valence-electron chi connectivity index (χ1n) is 8.75. The van der Waals surface area contributed by atoms with Crippen LogP contribution in [0.5, 0.6) is 5.75 Å². The number of nitrogens with zero attached hydrogens (tertiary/aromatic N) is 4. The molecule has 1 aliphatic heterocycles. The topological polar surface area (TPSA) is 71.7 Å². The first kappa shape index (κ1) is 17.4. The van der Waals surface area contributed by atoms with E-state index < -0.39 is 0 Å². The smallest absolute Gasteiger partial charge is 0.415 e. The lowest BCUT2D eigenvalue weighted by Gasteiger charge is -2.25. The normalized spacial score (nSPS) is 17.1. The van der Waals surface area contributed by atoms with Crippen LogP contribution in [-0.2, 0) is 6.42 Å². The van der Waals surface area contributed by atoms with Gasteiger partial charge in [0.05, 0.1) is 6.04 Å². The Balaban J connectivity index is 1.57. The van der Waals surface area contributed by atoms with Gasteiger partial charge in [0, 0.05) is 32.6 Å². The molecule has 0 bridgehead atoms. The largest absolute Gasteiger partial charge is 0.424 e. The van der Waals surface area contributed by atoms with Crippen molar-refractivity contribution in [3.8, 4) is 5.75 Å². The lowest BCUT2D eigenvalue weighted by Crippen LogP contribution is -2.37. The van der Waals surface area contributed by atoms with Gasteiger partial charge in [-0.2, -0.15) is 0 Å². The Morgan fingerprint density at radius 3 is 2.72 bits per heavy atom. The number of carbonyl (C=O) groups excluding carboxylic acids is 1. The fourth-order valence-electron chi connectivity index (χ4n) is 2.90. The van der Waals surface area contributed by atoms with Crippen molar-refractivity contribution < 1.29 is 13.9 Å². The number of hydrogen-bond acceptors (Lipinski definition) is 6. The molecule has 0 radical (unpaired) electrons. The Hall–Kier alpha value is -2.41. The van der Waals surface area contributed by atoms with Gasteiger partial charge in [-0.25, -0.2) is 4.79 Å². The summed E-state index contributed by atoms with van der Waals surface area (Å²) in [6.07, 6.45) is 1.31. The average Bonchev–Trinajstić information content (AvgIpc) is 2.98. The van der Waals surface area contributed by atoms with Gasteiger partial charge in [0.2, 0.25) is 11.8 Å². The van der Waals surface area contributed by atoms with Crippen LogP contribution in [0.25, 0.3) is 0 Å². The summed E-state index contributed by atoms with van der Waals surface area (Å²) < 4.78 is 11.1. The monoisotopic (exact) mass is 344 g/mol. The van der Waals surface area contributed by atoms with Crippen molar-refractivity contribution in [3.63, 3.8) is 0 Å². The Labute approximate surface area is 147 Å². The van der Waals surface area contributed by atoms with Crippen molar-refractivity contribution in [2.45, 2.75) is 32.7 Å². The lowest BCUT2D eigenvalue weighted by atomic mass is 10.2. The van der Waals surface area contributed by atoms with E-state index in [2.05, 4.69) is 22.0 Å². The zero-order chi connectivity index (χ0) is 17.6. The SMILES string of the molecule is CCc1nnc(C(C)N2CCCN(C(=O)Oc3ccccc3)CC2)o1. The minimum Gasteiger partial charge on any atom is -0.424 e. The van der Waals surface area contributed by atoms with Crippen molar-refractivity contribution in [1.29, 1.82) is 0 Å². The molecule has 7 nitrogen and oxygen atoms in total. The molecule has 1 fully saturated rings. The van der Waals surface area contributed by atoms with E-state index in [0.717, 1.165) is 25.9 Å². The minimum atomic E-state index is -0.299. The zero-order valence-corrected chi connectivity index (χ0v) is 14.7. The summed E-state index contributed by atoms with van der Waals surface area (Å²) in [6, 6.07) is 9.20. The first-order chi connectivity index (χ1) is 12.2. The van der Waals surface area contributed by atoms with Crippen LogP contribution in [0.15, 0.2) is 34.7 Å². The van der Waals surface area contributed by atoms with Crippen molar-refractivity contribution in [2.75, 3.05) is 26.2 Å². The summed E-state index contributed by atoms with van der Waals surface area (Å²) in [6.45, 7) is 6.97. The Morgan fingerprint density at radius 1 is 1.20 bits per heavy atom. The summed E-state index contributed by atoms with van der Waals surface area (Å²) in [4.78, 5) is 16.4. The number of hydrogen-bond donors (Lipinski definition) is 0. The number of aromatic nitrogens is 2. The molecule has 1 saturated heterocycles. The van der Waals surface area contributed by atoms with Gasteiger partial charge in [0.1, 0.15) is 5.75 Å². The maximum absolute atomic E-state index is 12.4. The average molecular weight is 344 g/mol. The third kappa shape index (κ3) is 4.36. The zero-order valence-electron chi connectivity index (χ0n) is 14.7. The second kappa shape index (κ2) is 8.11. The highest BCUT2D eigenvalue weighted by Crippen LogP contribution is 2.21. The molecule has 2 heterocycles. The van der Waals surface area contributed by atoms with Gasteiger partial charge >= 0.3 is 6.09 Å². The first-order valence-corrected chi connectivity index (χ1v) is 8.75. The van der Waals surface area contributed by atoms with Gasteiger partial charge in [-0.05, 0) is 25.5 Å². The number of amides is 1. The predicted molar refractivity (Wildman–Crippen MR) is 92.3 cm³/mol. The number of benzene rings is 1. The molecular weight excluding hydrogens is 320 g/mol. The molecule has 0 N–H and O–H groups in total. The van der Waals surface area contributed by atoms with Gasteiger partial charge < -0.3 is 14.1 Å². The minimum absolute atomic E-state index is 0.0397. The van der Waals surface area contributed by atoms with Crippen LogP contribution in [0, 0.1) is 0 Å². The van der Waals surface area contributed by atoms with E-state index in [0.29, 0.717) is 30.6 Å². The van der Waals surface area contributed by atoms with Gasteiger partial charge in [-0.1, -0.05) is 25.1 Å². The molecule has 0 saturated carbocycles. The summed E-state index contributed by atoms with van der Waals surface area (Å²) in [5.74, 6) is 1.86. The number of rotatable bonds is 4. The Kier molecular flexibility index (Phi) is 5.65. The molecule has 1 aliphatic rings. The summed E-state index contributed by atoms with van der Waals surface area (Å²) in [7, 11) is 0. The van der Waals surface area contributed by atoms with Gasteiger partial charge in [-0.15, -0.1) is 10.2 Å². The highest BCUT2D eigenvalue weighted by Gasteiger charge is 2.26. The van der Waals surface area contributed by atoms with E-state index in [9.17, 15) is 4.79 Å². The van der Waals surface area contributed by atoms with Gasteiger partial charge in [-0.3, -0.25) is 4.90 Å². The second-order valence-corrected chi connectivity index (χ2v) is 6.12. The molecule has 2 aromatic rings. The molecule has 1 aromatic carbocycles. The molecular formula is C18H24N4O3. The summed E-state index contributed by atoms with van der Waals surface area (Å²) >= 11 is 0. The van der Waals surface area contributed by atoms with E-state index >= 15 is 0 Å². The number of aryl methyl sites for hydroxylation is 1. The molecule has 1 unspecified atom stereocenters. The molecule has 1 amide bonds. The van der Waals surface area contributed by atoms with E-state index in [1.54, 1.807) is 17.0 Å². The standard InChI is InChI=1S/C18H24N4O3/c1-3-16-19-20-17(25-16)14(2)21-10-7-11-22(13-12-21)18(23)24-15-8-5-4-6-9-15/h4-6,8-9,14H,3,7,10-13H2,1-2H3. The molecule has 0 spiro atoms. The Morgan fingerprint density at radius 2 is 2.00 bits per heavy atom. The maximum atomic E-state index is 12.4. The van der Waals surface area contributed by atoms with Crippen molar-refractivity contribution >= 4 is 6.09 Å². The molecule has 1 atom stereocenters. The Bertz CT molecular complexity index is 689. The third-order valence-electron chi connectivity index (χ3n) is 4.43.